The largest absolute Gasteiger partial charge is 0.484 e. The van der Waals surface area contributed by atoms with Crippen LogP contribution in [0.2, 0.25) is 10.0 Å². The summed E-state index contributed by atoms with van der Waals surface area (Å²) in [5, 5.41) is 1.09. The zero-order valence-electron chi connectivity index (χ0n) is 18.1. The van der Waals surface area contributed by atoms with Crippen molar-refractivity contribution in [3.05, 3.63) is 93.7 Å². The van der Waals surface area contributed by atoms with Gasteiger partial charge in [0.2, 0.25) is 0 Å². The lowest BCUT2D eigenvalue weighted by Gasteiger charge is -2.37. The highest BCUT2D eigenvalue weighted by atomic mass is 35.5. The van der Waals surface area contributed by atoms with Crippen LogP contribution in [0.25, 0.3) is 0 Å². The zero-order chi connectivity index (χ0) is 22.5. The summed E-state index contributed by atoms with van der Waals surface area (Å²) >= 11 is 12.6. The molecule has 3 nitrogen and oxygen atoms in total. The molecular weight excluding hydrogens is 446 g/mol. The number of halogens is 3. The summed E-state index contributed by atoms with van der Waals surface area (Å²) in [4.78, 5) is 4.79. The molecule has 0 bridgehead atoms. The third kappa shape index (κ3) is 5.55. The molecule has 0 aliphatic carbocycles. The van der Waals surface area contributed by atoms with Gasteiger partial charge in [0.25, 0.3) is 0 Å². The Hall–Kier alpha value is -2.27. The van der Waals surface area contributed by atoms with Gasteiger partial charge in [-0.15, -0.1) is 0 Å². The second-order valence-corrected chi connectivity index (χ2v) is 8.92. The van der Waals surface area contributed by atoms with Crippen molar-refractivity contribution < 1.29 is 9.13 Å². The lowest BCUT2D eigenvalue weighted by atomic mass is 10.0. The molecule has 0 N–H and O–H groups in total. The molecule has 168 valence electrons. The van der Waals surface area contributed by atoms with Crippen molar-refractivity contribution in [2.75, 3.05) is 37.6 Å². The maximum atomic E-state index is 13.5. The number of hydrogen-bond acceptors (Lipinski definition) is 3. The number of nitrogens with zero attached hydrogens (tertiary/aromatic N) is 2. The Kier molecular flexibility index (Phi) is 7.56. The van der Waals surface area contributed by atoms with Gasteiger partial charge in [-0.2, -0.15) is 0 Å². The van der Waals surface area contributed by atoms with Crippen molar-refractivity contribution in [2.45, 2.75) is 19.4 Å². The molecule has 1 fully saturated rings. The van der Waals surface area contributed by atoms with E-state index in [1.165, 1.54) is 17.7 Å². The molecule has 32 heavy (non-hydrogen) atoms. The first kappa shape index (κ1) is 22.9. The second-order valence-electron chi connectivity index (χ2n) is 8.11. The van der Waals surface area contributed by atoms with Gasteiger partial charge in [0.15, 0.2) is 0 Å². The fourth-order valence-electron chi connectivity index (χ4n) is 4.17. The number of piperazine rings is 1. The highest BCUT2D eigenvalue weighted by molar-refractivity contribution is 6.33. The lowest BCUT2D eigenvalue weighted by Crippen LogP contribution is -2.47. The summed E-state index contributed by atoms with van der Waals surface area (Å²) in [6, 6.07) is 20.5. The van der Waals surface area contributed by atoms with Crippen molar-refractivity contribution in [1.29, 1.82) is 0 Å². The average molecular weight is 473 g/mol. The molecule has 0 unspecified atom stereocenters. The number of anilines is 1. The monoisotopic (exact) mass is 472 g/mol. The van der Waals surface area contributed by atoms with E-state index in [-0.39, 0.29) is 16.9 Å². The topological polar surface area (TPSA) is 15.7 Å². The summed E-state index contributed by atoms with van der Waals surface area (Å²) in [7, 11) is 0. The molecular formula is C26H27Cl2FN2O. The number of ether oxygens (including phenoxy) is 1. The van der Waals surface area contributed by atoms with E-state index in [0.717, 1.165) is 55.4 Å². The van der Waals surface area contributed by atoms with E-state index in [0.29, 0.717) is 5.75 Å². The smallest absolute Gasteiger partial charge is 0.139 e. The Morgan fingerprint density at radius 2 is 1.62 bits per heavy atom. The molecule has 3 aromatic carbocycles. The van der Waals surface area contributed by atoms with Crippen LogP contribution in [0.3, 0.4) is 0 Å². The minimum atomic E-state index is -0.369. The Bertz CT molecular complexity index is 1050. The third-order valence-electron chi connectivity index (χ3n) is 5.97. The van der Waals surface area contributed by atoms with Gasteiger partial charge in [0.05, 0.1) is 15.7 Å². The first-order chi connectivity index (χ1) is 15.5. The molecule has 1 heterocycles. The van der Waals surface area contributed by atoms with Gasteiger partial charge in [0, 0.05) is 39.1 Å². The van der Waals surface area contributed by atoms with Crippen LogP contribution in [-0.2, 0) is 0 Å². The van der Waals surface area contributed by atoms with Gasteiger partial charge in [0.1, 0.15) is 17.7 Å². The van der Waals surface area contributed by atoms with E-state index in [2.05, 4.69) is 34.9 Å². The molecule has 0 saturated carbocycles. The first-order valence-electron chi connectivity index (χ1n) is 10.9. The molecule has 0 amide bonds. The van der Waals surface area contributed by atoms with Crippen molar-refractivity contribution in [3.8, 4) is 5.75 Å². The molecule has 1 aliphatic rings. The molecule has 0 spiro atoms. The maximum absolute atomic E-state index is 13.5. The minimum Gasteiger partial charge on any atom is -0.484 e. The Morgan fingerprint density at radius 1 is 0.906 bits per heavy atom. The van der Waals surface area contributed by atoms with Crippen molar-refractivity contribution >= 4 is 28.9 Å². The van der Waals surface area contributed by atoms with E-state index in [9.17, 15) is 4.39 Å². The highest BCUT2D eigenvalue weighted by Gasteiger charge is 2.22. The predicted octanol–water partition coefficient (Wildman–Crippen LogP) is 6.77. The Morgan fingerprint density at radius 3 is 2.34 bits per heavy atom. The van der Waals surface area contributed by atoms with Gasteiger partial charge in [-0.25, -0.2) is 4.39 Å². The van der Waals surface area contributed by atoms with Crippen molar-refractivity contribution in [3.63, 3.8) is 0 Å². The second kappa shape index (κ2) is 10.6. The van der Waals surface area contributed by atoms with Crippen molar-refractivity contribution in [2.24, 2.45) is 0 Å². The molecule has 6 heteroatoms. The quantitative estimate of drug-likeness (QED) is 0.377. The normalized spacial score (nSPS) is 15.6. The zero-order valence-corrected chi connectivity index (χ0v) is 19.6. The summed E-state index contributed by atoms with van der Waals surface area (Å²) in [5.74, 6) is 0.135. The van der Waals surface area contributed by atoms with Gasteiger partial charge >= 0.3 is 0 Å². The molecule has 1 atom stereocenters. The van der Waals surface area contributed by atoms with Crippen LogP contribution in [0.4, 0.5) is 10.1 Å². The third-order valence-corrected chi connectivity index (χ3v) is 6.59. The fourth-order valence-corrected chi connectivity index (χ4v) is 4.64. The Balaban J connectivity index is 1.42. The maximum Gasteiger partial charge on any atom is 0.139 e. The van der Waals surface area contributed by atoms with Crippen LogP contribution in [0, 0.1) is 12.7 Å². The van der Waals surface area contributed by atoms with Crippen LogP contribution in [0.15, 0.2) is 66.7 Å². The first-order valence-corrected chi connectivity index (χ1v) is 11.7. The SMILES string of the molecule is Cc1ccccc1[C@@H](CCN1CCN(c2ccccc2Cl)CC1)Oc1ccc(F)cc1Cl. The van der Waals surface area contributed by atoms with E-state index in [4.69, 9.17) is 27.9 Å². The van der Waals surface area contributed by atoms with Gasteiger partial charge in [-0.1, -0.05) is 59.6 Å². The van der Waals surface area contributed by atoms with E-state index >= 15 is 0 Å². The van der Waals surface area contributed by atoms with E-state index in [1.54, 1.807) is 6.07 Å². The van der Waals surface area contributed by atoms with E-state index < -0.39 is 0 Å². The number of aryl methyl sites for hydroxylation is 1. The van der Waals surface area contributed by atoms with Crippen LogP contribution >= 0.6 is 23.2 Å². The molecule has 0 radical (unpaired) electrons. The number of para-hydroxylation sites is 1. The average Bonchev–Trinajstić information content (AvgIpc) is 2.79. The summed E-state index contributed by atoms with van der Waals surface area (Å²) < 4.78 is 19.8. The molecule has 0 aromatic heterocycles. The number of rotatable bonds is 7. The van der Waals surface area contributed by atoms with E-state index in [1.807, 2.05) is 30.3 Å². The fraction of sp³-hybridized carbons (Fsp3) is 0.308. The summed E-state index contributed by atoms with van der Waals surface area (Å²) in [5.41, 5.74) is 3.39. The van der Waals surface area contributed by atoms with Crippen molar-refractivity contribution in [1.82, 2.24) is 4.90 Å². The summed E-state index contributed by atoms with van der Waals surface area (Å²) in [6.45, 7) is 6.77. The van der Waals surface area contributed by atoms with Crippen LogP contribution in [0.1, 0.15) is 23.7 Å². The van der Waals surface area contributed by atoms with Crippen LogP contribution < -0.4 is 9.64 Å². The summed E-state index contributed by atoms with van der Waals surface area (Å²) in [6.07, 6.45) is 0.644. The molecule has 3 aromatic rings. The standard InChI is InChI=1S/C26H27Cl2FN2O/c1-19-6-2-3-7-21(19)25(32-26-11-10-20(29)18-23(26)28)12-13-30-14-16-31(17-15-30)24-9-5-4-8-22(24)27/h2-11,18,25H,12-17H2,1H3/t25-/m1/s1. The van der Waals surface area contributed by atoms with Crippen LogP contribution in [0.5, 0.6) is 5.75 Å². The predicted molar refractivity (Wildman–Crippen MR) is 131 cm³/mol. The highest BCUT2D eigenvalue weighted by Crippen LogP contribution is 2.33. The number of benzene rings is 3. The van der Waals surface area contributed by atoms with Gasteiger partial charge in [-0.3, -0.25) is 4.90 Å². The molecule has 1 saturated heterocycles. The van der Waals surface area contributed by atoms with Gasteiger partial charge in [-0.05, 0) is 48.4 Å². The molecule has 1 aliphatic heterocycles. The lowest BCUT2D eigenvalue weighted by molar-refractivity contribution is 0.159. The van der Waals surface area contributed by atoms with Gasteiger partial charge < -0.3 is 9.64 Å². The van der Waals surface area contributed by atoms with Crippen LogP contribution in [-0.4, -0.2) is 37.6 Å². The molecule has 4 rings (SSSR count). The Labute approximate surface area is 199 Å². The minimum absolute atomic E-state index is 0.166. The number of hydrogen-bond donors (Lipinski definition) is 0.